The van der Waals surface area contributed by atoms with Gasteiger partial charge in [0.25, 0.3) is 0 Å². The van der Waals surface area contributed by atoms with E-state index in [1.54, 1.807) is 12.1 Å². The Bertz CT molecular complexity index is 1140. The van der Waals surface area contributed by atoms with E-state index < -0.39 is 5.82 Å². The van der Waals surface area contributed by atoms with Crippen LogP contribution < -0.4 is 0 Å². The maximum atomic E-state index is 13.8. The van der Waals surface area contributed by atoms with Gasteiger partial charge in [0.15, 0.2) is 0 Å². The van der Waals surface area contributed by atoms with Gasteiger partial charge in [0.05, 0.1) is 28.4 Å². The zero-order valence-corrected chi connectivity index (χ0v) is 18.6. The number of hydrogen-bond acceptors (Lipinski definition) is 3. The van der Waals surface area contributed by atoms with Crippen LogP contribution in [0.5, 0.6) is 0 Å². The molecule has 31 heavy (non-hydrogen) atoms. The molecule has 6 heteroatoms. The third-order valence-electron chi connectivity index (χ3n) is 6.70. The molecule has 2 heterocycles. The lowest BCUT2D eigenvalue weighted by Crippen LogP contribution is -2.32. The van der Waals surface area contributed by atoms with Gasteiger partial charge < -0.3 is 9.47 Å². The highest BCUT2D eigenvalue weighted by atomic mass is 35.5. The van der Waals surface area contributed by atoms with Crippen LogP contribution >= 0.6 is 11.6 Å². The number of imidazole rings is 1. The molecule has 0 N–H and O–H groups in total. The summed E-state index contributed by atoms with van der Waals surface area (Å²) in [7, 11) is 4.33. The van der Waals surface area contributed by atoms with Gasteiger partial charge in [-0.1, -0.05) is 23.8 Å². The van der Waals surface area contributed by atoms with Crippen LogP contribution in [0.3, 0.4) is 0 Å². The van der Waals surface area contributed by atoms with E-state index >= 15 is 0 Å². The van der Waals surface area contributed by atoms with E-state index in [4.69, 9.17) is 16.6 Å². The summed E-state index contributed by atoms with van der Waals surface area (Å²) >= 11 is 6.12. The zero-order chi connectivity index (χ0) is 21.5. The van der Waals surface area contributed by atoms with Crippen LogP contribution in [0.2, 0.25) is 5.02 Å². The van der Waals surface area contributed by atoms with Crippen molar-refractivity contribution >= 4 is 17.7 Å². The molecule has 5 rings (SSSR count). The van der Waals surface area contributed by atoms with E-state index in [0.717, 1.165) is 53.0 Å². The van der Waals surface area contributed by atoms with Crippen molar-refractivity contribution in [2.24, 2.45) is 0 Å². The second kappa shape index (κ2) is 8.21. The molecule has 0 unspecified atom stereocenters. The molecule has 2 aromatic heterocycles. The first-order valence-corrected chi connectivity index (χ1v) is 11.2. The normalized spacial score (nSPS) is 20.4. The molecule has 2 aliphatic rings. The number of halogens is 2. The van der Waals surface area contributed by atoms with Gasteiger partial charge in [0.1, 0.15) is 5.82 Å². The van der Waals surface area contributed by atoms with E-state index in [1.807, 2.05) is 12.5 Å². The molecule has 1 saturated carbocycles. The standard InChI is InChI=1S/C25H26ClFN4/c1-30(2)17-7-9-18(10-8-17)31-15-29-24(16-6-11-22(27)21(26)14-16)25(31)20-12-13-28-23-5-3-4-19(20)23/h3-4,6,11-15,17-18H,5,7-10H2,1-2H3. The number of pyridine rings is 1. The van der Waals surface area contributed by atoms with Gasteiger partial charge in [-0.25, -0.2) is 9.37 Å². The second-order valence-electron chi connectivity index (χ2n) is 8.73. The molecule has 0 atom stereocenters. The van der Waals surface area contributed by atoms with Crippen molar-refractivity contribution in [3.63, 3.8) is 0 Å². The van der Waals surface area contributed by atoms with Crippen molar-refractivity contribution < 1.29 is 4.39 Å². The van der Waals surface area contributed by atoms with Crippen molar-refractivity contribution in [2.45, 2.75) is 44.2 Å². The van der Waals surface area contributed by atoms with Crippen molar-refractivity contribution in [1.29, 1.82) is 0 Å². The molecule has 0 amide bonds. The summed E-state index contributed by atoms with van der Waals surface area (Å²) in [6.45, 7) is 0. The van der Waals surface area contributed by atoms with Crippen LogP contribution in [-0.4, -0.2) is 39.6 Å². The predicted octanol–water partition coefficient (Wildman–Crippen LogP) is 6.02. The molecule has 160 valence electrons. The maximum Gasteiger partial charge on any atom is 0.141 e. The first kappa shape index (κ1) is 20.4. The van der Waals surface area contributed by atoms with Gasteiger partial charge in [0, 0.05) is 41.4 Å². The fourth-order valence-corrected chi connectivity index (χ4v) is 5.15. The molecule has 0 aliphatic heterocycles. The molecule has 0 radical (unpaired) electrons. The Morgan fingerprint density at radius 1 is 1.10 bits per heavy atom. The summed E-state index contributed by atoms with van der Waals surface area (Å²) in [5.74, 6) is -0.416. The van der Waals surface area contributed by atoms with Crippen molar-refractivity contribution in [3.8, 4) is 22.5 Å². The number of hydrogen-bond donors (Lipinski definition) is 0. The number of allylic oxidation sites excluding steroid dienone is 1. The van der Waals surface area contributed by atoms with Gasteiger partial charge >= 0.3 is 0 Å². The summed E-state index contributed by atoms with van der Waals surface area (Å²) in [5.41, 5.74) is 6.10. The number of nitrogens with zero attached hydrogens (tertiary/aromatic N) is 4. The van der Waals surface area contributed by atoms with Crippen LogP contribution in [-0.2, 0) is 6.42 Å². The fraction of sp³-hybridized carbons (Fsp3) is 0.360. The summed E-state index contributed by atoms with van der Waals surface area (Å²) in [6, 6.07) is 7.94. The van der Waals surface area contributed by atoms with Crippen LogP contribution in [0.25, 0.3) is 28.6 Å². The SMILES string of the molecule is CN(C)C1CCC(n2cnc(-c3ccc(F)c(Cl)c3)c2-c2ccnc3c2C=CC3)CC1. The maximum absolute atomic E-state index is 13.8. The summed E-state index contributed by atoms with van der Waals surface area (Å²) < 4.78 is 16.2. The predicted molar refractivity (Wildman–Crippen MR) is 124 cm³/mol. The Kier molecular flexibility index (Phi) is 5.40. The number of rotatable bonds is 4. The number of fused-ring (bicyclic) bond motifs is 1. The third kappa shape index (κ3) is 3.70. The Morgan fingerprint density at radius 3 is 2.65 bits per heavy atom. The smallest absolute Gasteiger partial charge is 0.141 e. The minimum Gasteiger partial charge on any atom is -0.327 e. The van der Waals surface area contributed by atoms with Gasteiger partial charge in [0.2, 0.25) is 0 Å². The van der Waals surface area contributed by atoms with Crippen LogP contribution in [0, 0.1) is 5.82 Å². The van der Waals surface area contributed by atoms with Crippen molar-refractivity contribution in [1.82, 2.24) is 19.4 Å². The molecule has 3 aromatic rings. The molecular formula is C25H26ClFN4. The van der Waals surface area contributed by atoms with E-state index in [1.165, 1.54) is 18.9 Å². The quantitative estimate of drug-likeness (QED) is 0.501. The first-order chi connectivity index (χ1) is 15.0. The molecule has 2 aliphatic carbocycles. The Balaban J connectivity index is 1.63. The van der Waals surface area contributed by atoms with Crippen LogP contribution in [0.4, 0.5) is 4.39 Å². The van der Waals surface area contributed by atoms with Gasteiger partial charge in [-0.05, 0) is 64.0 Å². The molecule has 0 saturated heterocycles. The molecule has 1 aromatic carbocycles. The number of benzene rings is 1. The first-order valence-electron chi connectivity index (χ1n) is 10.9. The number of aromatic nitrogens is 3. The summed E-state index contributed by atoms with van der Waals surface area (Å²) in [4.78, 5) is 11.7. The fourth-order valence-electron chi connectivity index (χ4n) is 4.97. The summed E-state index contributed by atoms with van der Waals surface area (Å²) in [6.07, 6.45) is 13.5. The average molecular weight is 437 g/mol. The highest BCUT2D eigenvalue weighted by Crippen LogP contribution is 2.41. The average Bonchev–Trinajstić information content (AvgIpc) is 3.43. The lowest BCUT2D eigenvalue weighted by Gasteiger charge is -2.34. The van der Waals surface area contributed by atoms with E-state index in [2.05, 4.69) is 46.8 Å². The third-order valence-corrected chi connectivity index (χ3v) is 6.99. The molecule has 0 bridgehead atoms. The van der Waals surface area contributed by atoms with E-state index in [0.29, 0.717) is 12.1 Å². The Labute approximate surface area is 187 Å². The Morgan fingerprint density at radius 2 is 1.90 bits per heavy atom. The highest BCUT2D eigenvalue weighted by Gasteiger charge is 2.28. The van der Waals surface area contributed by atoms with Gasteiger partial charge in [-0.2, -0.15) is 0 Å². The van der Waals surface area contributed by atoms with E-state index in [9.17, 15) is 4.39 Å². The topological polar surface area (TPSA) is 34.0 Å². The zero-order valence-electron chi connectivity index (χ0n) is 17.9. The second-order valence-corrected chi connectivity index (χ2v) is 9.14. The Hall–Kier alpha value is -2.50. The molecule has 4 nitrogen and oxygen atoms in total. The minimum absolute atomic E-state index is 0.115. The van der Waals surface area contributed by atoms with Gasteiger partial charge in [-0.15, -0.1) is 0 Å². The lowest BCUT2D eigenvalue weighted by molar-refractivity contribution is 0.196. The van der Waals surface area contributed by atoms with Crippen LogP contribution in [0.1, 0.15) is 43.0 Å². The monoisotopic (exact) mass is 436 g/mol. The van der Waals surface area contributed by atoms with Gasteiger partial charge in [-0.3, -0.25) is 4.98 Å². The van der Waals surface area contributed by atoms with Crippen molar-refractivity contribution in [3.05, 3.63) is 65.0 Å². The molecular weight excluding hydrogens is 411 g/mol. The lowest BCUT2D eigenvalue weighted by atomic mass is 9.89. The minimum atomic E-state index is -0.416. The highest BCUT2D eigenvalue weighted by molar-refractivity contribution is 6.31. The van der Waals surface area contributed by atoms with E-state index in [-0.39, 0.29) is 5.02 Å². The molecule has 1 fully saturated rings. The van der Waals surface area contributed by atoms with Crippen LogP contribution in [0.15, 0.2) is 42.9 Å². The largest absolute Gasteiger partial charge is 0.327 e. The molecule has 0 spiro atoms. The summed E-state index contributed by atoms with van der Waals surface area (Å²) in [5, 5.41) is 0.115. The van der Waals surface area contributed by atoms with Crippen molar-refractivity contribution in [2.75, 3.05) is 14.1 Å².